The van der Waals surface area contributed by atoms with Gasteiger partial charge in [0.1, 0.15) is 11.6 Å². The summed E-state index contributed by atoms with van der Waals surface area (Å²) >= 11 is 0. The van der Waals surface area contributed by atoms with Crippen LogP contribution in [0.3, 0.4) is 0 Å². The van der Waals surface area contributed by atoms with Crippen LogP contribution < -0.4 is 19.4 Å². The van der Waals surface area contributed by atoms with E-state index in [1.807, 2.05) is 31.2 Å². The van der Waals surface area contributed by atoms with E-state index in [-0.39, 0.29) is 23.8 Å². The fourth-order valence-corrected chi connectivity index (χ4v) is 5.96. The number of pyridine rings is 1. The minimum atomic E-state index is -3.41. The minimum Gasteiger partial charge on any atom is -0.366 e. The van der Waals surface area contributed by atoms with Gasteiger partial charge in [-0.1, -0.05) is 12.1 Å². The number of benzene rings is 2. The zero-order chi connectivity index (χ0) is 28.1. The lowest BCUT2D eigenvalue weighted by Gasteiger charge is -2.38. The summed E-state index contributed by atoms with van der Waals surface area (Å²) in [4.78, 5) is 21.8. The molecule has 1 N–H and O–H groups in total. The van der Waals surface area contributed by atoms with Crippen LogP contribution in [-0.4, -0.2) is 64.3 Å². The molecule has 1 amide bonds. The zero-order valence-corrected chi connectivity index (χ0v) is 23.7. The van der Waals surface area contributed by atoms with Gasteiger partial charge in [0, 0.05) is 61.3 Å². The average Bonchev–Trinajstić information content (AvgIpc) is 3.28. The number of nitrogens with zero attached hydrogens (tertiary/aromatic N) is 4. The van der Waals surface area contributed by atoms with Crippen molar-refractivity contribution in [2.75, 3.05) is 47.0 Å². The van der Waals surface area contributed by atoms with Crippen LogP contribution >= 0.6 is 0 Å². The summed E-state index contributed by atoms with van der Waals surface area (Å²) in [6.07, 6.45) is 1.75. The van der Waals surface area contributed by atoms with Crippen molar-refractivity contribution >= 4 is 33.1 Å². The highest BCUT2D eigenvalue weighted by atomic mass is 32.2. The van der Waals surface area contributed by atoms with Crippen LogP contribution in [0.1, 0.15) is 35.5 Å². The number of nitrogens with one attached hydrogen (secondary N) is 1. The number of anilines is 3. The second-order valence-electron chi connectivity index (χ2n) is 10.6. The van der Waals surface area contributed by atoms with Crippen LogP contribution in [-0.2, 0) is 16.4 Å². The number of sulfonamides is 1. The van der Waals surface area contributed by atoms with E-state index < -0.39 is 10.0 Å². The van der Waals surface area contributed by atoms with E-state index in [2.05, 4.69) is 29.0 Å². The number of halogens is 1. The van der Waals surface area contributed by atoms with Crippen LogP contribution in [0.5, 0.6) is 0 Å². The van der Waals surface area contributed by atoms with E-state index in [1.54, 1.807) is 29.2 Å². The molecule has 0 spiro atoms. The molecule has 10 heteroatoms. The van der Waals surface area contributed by atoms with Crippen molar-refractivity contribution in [1.82, 2.24) is 10.3 Å². The first-order chi connectivity index (χ1) is 18.4. The number of piperazine rings is 1. The predicted octanol–water partition coefficient (Wildman–Crippen LogP) is 3.98. The van der Waals surface area contributed by atoms with E-state index >= 15 is 4.39 Å². The Kier molecular flexibility index (Phi) is 7.11. The van der Waals surface area contributed by atoms with Gasteiger partial charge >= 0.3 is 0 Å². The van der Waals surface area contributed by atoms with Gasteiger partial charge in [-0.05, 0) is 74.7 Å². The Hall–Kier alpha value is -3.50. The molecule has 1 aromatic heterocycles. The molecule has 39 heavy (non-hydrogen) atoms. The largest absolute Gasteiger partial charge is 0.366 e. The van der Waals surface area contributed by atoms with Crippen molar-refractivity contribution < 1.29 is 17.6 Å². The molecule has 206 valence electrons. The van der Waals surface area contributed by atoms with E-state index in [9.17, 15) is 13.2 Å². The van der Waals surface area contributed by atoms with Gasteiger partial charge in [-0.3, -0.25) is 9.10 Å². The maximum absolute atomic E-state index is 15.1. The van der Waals surface area contributed by atoms with Crippen molar-refractivity contribution in [3.05, 3.63) is 71.2 Å². The second kappa shape index (κ2) is 10.2. The number of amides is 1. The zero-order valence-electron chi connectivity index (χ0n) is 22.9. The average molecular weight is 552 g/mol. The lowest BCUT2D eigenvalue weighted by molar-refractivity contribution is 0.0989. The highest BCUT2D eigenvalue weighted by molar-refractivity contribution is 7.92. The molecule has 2 aliphatic heterocycles. The van der Waals surface area contributed by atoms with E-state index in [0.29, 0.717) is 48.8 Å². The van der Waals surface area contributed by atoms with Gasteiger partial charge in [0.15, 0.2) is 0 Å². The predicted molar refractivity (Wildman–Crippen MR) is 154 cm³/mol. The van der Waals surface area contributed by atoms with Crippen LogP contribution in [0.4, 0.5) is 21.6 Å². The highest BCUT2D eigenvalue weighted by Crippen LogP contribution is 2.36. The molecule has 8 nitrogen and oxygen atoms in total. The number of fused-ring (bicyclic) bond motifs is 1. The van der Waals surface area contributed by atoms with Gasteiger partial charge in [0.25, 0.3) is 5.91 Å². The molecule has 0 bridgehead atoms. The Morgan fingerprint density at radius 1 is 1.05 bits per heavy atom. The topological polar surface area (TPSA) is 85.8 Å². The number of aryl methyl sites for hydroxylation is 1. The maximum atomic E-state index is 15.1. The summed E-state index contributed by atoms with van der Waals surface area (Å²) in [5.41, 5.74) is 5.10. The molecule has 2 aromatic carbocycles. The number of carbonyl (C=O) groups is 1. The molecule has 1 saturated heterocycles. The van der Waals surface area contributed by atoms with Gasteiger partial charge in [0.2, 0.25) is 10.0 Å². The van der Waals surface area contributed by atoms with E-state index in [0.717, 1.165) is 32.9 Å². The van der Waals surface area contributed by atoms with Gasteiger partial charge < -0.3 is 15.1 Å². The van der Waals surface area contributed by atoms with Crippen molar-refractivity contribution in [2.24, 2.45) is 0 Å². The number of carbonyl (C=O) groups excluding carboxylic acids is 1. The first kappa shape index (κ1) is 27.1. The minimum absolute atomic E-state index is 0.125. The third-order valence-electron chi connectivity index (χ3n) is 7.52. The summed E-state index contributed by atoms with van der Waals surface area (Å²) < 4.78 is 39.9. The number of aromatic nitrogens is 1. The van der Waals surface area contributed by atoms with Gasteiger partial charge in [-0.15, -0.1) is 0 Å². The van der Waals surface area contributed by atoms with Gasteiger partial charge in [-0.2, -0.15) is 0 Å². The highest BCUT2D eigenvalue weighted by Gasteiger charge is 2.30. The summed E-state index contributed by atoms with van der Waals surface area (Å²) in [6.45, 7) is 7.92. The Labute approximate surface area is 229 Å². The number of rotatable bonds is 5. The third kappa shape index (κ3) is 5.35. The van der Waals surface area contributed by atoms with Crippen molar-refractivity contribution in [2.45, 2.75) is 39.3 Å². The van der Waals surface area contributed by atoms with Crippen LogP contribution in [0.15, 0.2) is 48.5 Å². The normalized spacial score (nSPS) is 19.2. The van der Waals surface area contributed by atoms with Crippen LogP contribution in [0, 0.1) is 12.7 Å². The second-order valence-corrected chi connectivity index (χ2v) is 12.6. The Bertz CT molecular complexity index is 1520. The van der Waals surface area contributed by atoms with Gasteiger partial charge in [-0.25, -0.2) is 17.8 Å². The molecule has 0 unspecified atom stereocenters. The molecule has 1 fully saturated rings. The summed E-state index contributed by atoms with van der Waals surface area (Å²) in [6, 6.07) is 14.7. The smallest absolute Gasteiger partial charge is 0.258 e. The number of hydrogen-bond acceptors (Lipinski definition) is 6. The Balaban J connectivity index is 1.38. The quantitative estimate of drug-likeness (QED) is 0.516. The monoisotopic (exact) mass is 551 g/mol. The molecule has 5 rings (SSSR count). The lowest BCUT2D eigenvalue weighted by Crippen LogP contribution is -2.54. The summed E-state index contributed by atoms with van der Waals surface area (Å²) in [5.74, 6) is -0.0231. The van der Waals surface area contributed by atoms with Crippen molar-refractivity contribution in [1.29, 1.82) is 0 Å². The molecule has 0 saturated carbocycles. The fraction of sp³-hybridized carbons (Fsp3) is 0.379. The number of hydrogen-bond donors (Lipinski definition) is 1. The van der Waals surface area contributed by atoms with E-state index in [1.165, 1.54) is 7.05 Å². The molecular weight excluding hydrogens is 517 g/mol. The molecule has 2 atom stereocenters. The van der Waals surface area contributed by atoms with Crippen LogP contribution in [0.2, 0.25) is 0 Å². The standard InChI is InChI=1S/C29H34FN5O3S/c1-18-16-34(17-19(2)31-18)27-15-26-23(14-25(27)30)12-13-35(26)29(36)22-8-6-21(7-9-22)24-10-11-28(32-20(24)3)33(4)39(5,37)38/h6-11,14-15,18-19,31H,12-13,16-17H2,1-5H3/t18-,19+. The van der Waals surface area contributed by atoms with Gasteiger partial charge in [0.05, 0.1) is 11.9 Å². The molecular formula is C29H34FN5O3S. The van der Waals surface area contributed by atoms with E-state index in [4.69, 9.17) is 0 Å². The summed E-state index contributed by atoms with van der Waals surface area (Å²) in [5, 5.41) is 3.47. The molecule has 0 radical (unpaired) electrons. The maximum Gasteiger partial charge on any atom is 0.258 e. The van der Waals surface area contributed by atoms with Crippen LogP contribution in [0.25, 0.3) is 11.1 Å². The van der Waals surface area contributed by atoms with Crippen molar-refractivity contribution in [3.8, 4) is 11.1 Å². The Morgan fingerprint density at radius 2 is 1.72 bits per heavy atom. The fourth-order valence-electron chi connectivity index (χ4n) is 5.52. The lowest BCUT2D eigenvalue weighted by atomic mass is 10.0. The summed E-state index contributed by atoms with van der Waals surface area (Å²) in [7, 11) is -1.94. The molecule has 3 heterocycles. The molecule has 2 aliphatic rings. The Morgan fingerprint density at radius 3 is 2.33 bits per heavy atom. The first-order valence-electron chi connectivity index (χ1n) is 13.1. The first-order valence-corrected chi connectivity index (χ1v) is 14.9. The molecule has 3 aromatic rings. The SMILES string of the molecule is Cc1nc(N(C)S(C)(=O)=O)ccc1-c1ccc(C(=O)N2CCc3cc(F)c(N4C[C@@H](C)N[C@@H](C)C4)cc32)cc1. The van der Waals surface area contributed by atoms with Crippen molar-refractivity contribution in [3.63, 3.8) is 0 Å². The third-order valence-corrected chi connectivity index (χ3v) is 8.70. The molecule has 0 aliphatic carbocycles.